The number of esters is 2. The molecular formula is C27H26N2O4. The van der Waals surface area contributed by atoms with Gasteiger partial charge in [-0.05, 0) is 62.6 Å². The summed E-state index contributed by atoms with van der Waals surface area (Å²) in [5.74, 6) is 0.337. The summed E-state index contributed by atoms with van der Waals surface area (Å²) in [5.41, 5.74) is 3.45. The highest BCUT2D eigenvalue weighted by molar-refractivity contribution is 5.94. The van der Waals surface area contributed by atoms with Crippen LogP contribution >= 0.6 is 0 Å². The number of allylic oxidation sites excluding steroid dienone is 4. The molecular weight excluding hydrogens is 416 g/mol. The fourth-order valence-corrected chi connectivity index (χ4v) is 3.78. The first-order chi connectivity index (χ1) is 16.1. The fraction of sp³-hybridized carbons (Fsp3) is 0.222. The summed E-state index contributed by atoms with van der Waals surface area (Å²) in [5, 5.41) is 0. The smallest absolute Gasteiger partial charge is 0.343 e. The van der Waals surface area contributed by atoms with Crippen molar-refractivity contribution in [3.63, 3.8) is 0 Å². The second-order valence-corrected chi connectivity index (χ2v) is 7.56. The molecule has 168 valence electrons. The molecule has 0 radical (unpaired) electrons. The average molecular weight is 443 g/mol. The van der Waals surface area contributed by atoms with Gasteiger partial charge in [0.1, 0.15) is 11.6 Å². The van der Waals surface area contributed by atoms with E-state index in [2.05, 4.69) is 6.08 Å². The normalized spacial score (nSPS) is 13.6. The molecule has 1 aromatic heterocycles. The zero-order valence-electron chi connectivity index (χ0n) is 18.8. The van der Waals surface area contributed by atoms with Crippen LogP contribution in [0.2, 0.25) is 0 Å². The van der Waals surface area contributed by atoms with E-state index in [9.17, 15) is 9.59 Å². The first-order valence-corrected chi connectivity index (χ1v) is 11.1. The van der Waals surface area contributed by atoms with E-state index in [1.807, 2.05) is 35.8 Å². The molecule has 1 aliphatic carbocycles. The SMILES string of the molecule is CCOC(=O)c1ccc2c(c1)nc(/C=C(\OC(=O)c1ccccc1)C1=CC=CCC1)n2CC. The van der Waals surface area contributed by atoms with Gasteiger partial charge in [0.25, 0.3) is 0 Å². The molecule has 6 heteroatoms. The number of hydrogen-bond acceptors (Lipinski definition) is 5. The van der Waals surface area contributed by atoms with E-state index in [1.54, 1.807) is 49.4 Å². The lowest BCUT2D eigenvalue weighted by atomic mass is 10.0. The minimum atomic E-state index is -0.416. The molecule has 0 amide bonds. The van der Waals surface area contributed by atoms with E-state index >= 15 is 0 Å². The third-order valence-electron chi connectivity index (χ3n) is 5.41. The van der Waals surface area contributed by atoms with Crippen molar-refractivity contribution in [1.82, 2.24) is 9.55 Å². The van der Waals surface area contributed by atoms with Crippen molar-refractivity contribution < 1.29 is 19.1 Å². The number of carbonyl (C=O) groups excluding carboxylic acids is 2. The summed E-state index contributed by atoms with van der Waals surface area (Å²) in [7, 11) is 0. The van der Waals surface area contributed by atoms with Crippen LogP contribution in [0.4, 0.5) is 0 Å². The Hall–Kier alpha value is -3.93. The topological polar surface area (TPSA) is 70.4 Å². The van der Waals surface area contributed by atoms with Gasteiger partial charge in [-0.1, -0.05) is 36.4 Å². The van der Waals surface area contributed by atoms with Crippen LogP contribution in [-0.2, 0) is 16.0 Å². The number of benzene rings is 2. The predicted molar refractivity (Wildman–Crippen MR) is 128 cm³/mol. The Morgan fingerprint density at radius 3 is 2.58 bits per heavy atom. The van der Waals surface area contributed by atoms with Gasteiger partial charge in [-0.25, -0.2) is 14.6 Å². The maximum absolute atomic E-state index is 12.8. The average Bonchev–Trinajstić information content (AvgIpc) is 3.21. The first kappa shape index (κ1) is 22.3. The van der Waals surface area contributed by atoms with Gasteiger partial charge >= 0.3 is 11.9 Å². The van der Waals surface area contributed by atoms with Crippen LogP contribution in [-0.4, -0.2) is 28.1 Å². The molecule has 1 aliphatic rings. The van der Waals surface area contributed by atoms with Crippen molar-refractivity contribution in [2.24, 2.45) is 0 Å². The monoisotopic (exact) mass is 442 g/mol. The minimum Gasteiger partial charge on any atom is -0.462 e. The molecule has 0 saturated carbocycles. The van der Waals surface area contributed by atoms with Gasteiger partial charge in [-0.3, -0.25) is 0 Å². The Balaban J connectivity index is 1.76. The van der Waals surface area contributed by atoms with Crippen LogP contribution in [0.25, 0.3) is 17.1 Å². The summed E-state index contributed by atoms with van der Waals surface area (Å²) in [6, 6.07) is 14.3. The third kappa shape index (κ3) is 4.95. The molecule has 6 nitrogen and oxygen atoms in total. The summed E-state index contributed by atoms with van der Waals surface area (Å²) in [4.78, 5) is 29.7. The minimum absolute atomic E-state index is 0.313. The summed E-state index contributed by atoms with van der Waals surface area (Å²) < 4.78 is 13.0. The number of carbonyl (C=O) groups is 2. The molecule has 33 heavy (non-hydrogen) atoms. The Labute approximate surface area is 192 Å². The quantitative estimate of drug-likeness (QED) is 0.346. The van der Waals surface area contributed by atoms with E-state index in [1.165, 1.54) is 0 Å². The number of fused-ring (bicyclic) bond motifs is 1. The summed E-state index contributed by atoms with van der Waals surface area (Å²) >= 11 is 0. The first-order valence-electron chi connectivity index (χ1n) is 11.1. The molecule has 4 rings (SSSR count). The van der Waals surface area contributed by atoms with Crippen molar-refractivity contribution in [2.75, 3.05) is 6.61 Å². The molecule has 0 fully saturated rings. The molecule has 0 atom stereocenters. The van der Waals surface area contributed by atoms with Crippen LogP contribution < -0.4 is 0 Å². The van der Waals surface area contributed by atoms with Gasteiger partial charge in [0.05, 0.1) is 28.8 Å². The number of aromatic nitrogens is 2. The van der Waals surface area contributed by atoms with Crippen molar-refractivity contribution in [1.29, 1.82) is 0 Å². The Bertz CT molecular complexity index is 1270. The molecule has 0 N–H and O–H groups in total. The van der Waals surface area contributed by atoms with Gasteiger partial charge in [0, 0.05) is 12.6 Å². The Kier molecular flexibility index (Phi) is 6.83. The van der Waals surface area contributed by atoms with E-state index in [0.717, 1.165) is 23.9 Å². The number of imidazole rings is 1. The second-order valence-electron chi connectivity index (χ2n) is 7.56. The van der Waals surface area contributed by atoms with Crippen LogP contribution in [0.3, 0.4) is 0 Å². The summed E-state index contributed by atoms with van der Waals surface area (Å²) in [6.45, 7) is 4.78. The number of ether oxygens (including phenoxy) is 2. The molecule has 0 bridgehead atoms. The molecule has 1 heterocycles. The third-order valence-corrected chi connectivity index (χ3v) is 5.41. The number of aryl methyl sites for hydroxylation is 1. The number of rotatable bonds is 7. The van der Waals surface area contributed by atoms with E-state index in [0.29, 0.717) is 41.4 Å². The maximum atomic E-state index is 12.8. The molecule has 3 aromatic rings. The van der Waals surface area contributed by atoms with Gasteiger partial charge < -0.3 is 14.0 Å². The van der Waals surface area contributed by atoms with Crippen molar-refractivity contribution in [3.05, 3.63) is 95.0 Å². The summed E-state index contributed by atoms with van der Waals surface area (Å²) in [6.07, 6.45) is 9.46. The van der Waals surface area contributed by atoms with Crippen molar-refractivity contribution in [2.45, 2.75) is 33.2 Å². The zero-order valence-corrected chi connectivity index (χ0v) is 18.8. The molecule has 0 unspecified atom stereocenters. The molecule has 0 saturated heterocycles. The lowest BCUT2D eigenvalue weighted by molar-refractivity contribution is 0.0525. The van der Waals surface area contributed by atoms with Crippen LogP contribution in [0, 0.1) is 0 Å². The molecule has 2 aromatic carbocycles. The fourth-order valence-electron chi connectivity index (χ4n) is 3.78. The van der Waals surface area contributed by atoms with Gasteiger partial charge in [0.15, 0.2) is 0 Å². The number of hydrogen-bond donors (Lipinski definition) is 0. The number of nitrogens with zero attached hydrogens (tertiary/aromatic N) is 2. The molecule has 0 spiro atoms. The highest BCUT2D eigenvalue weighted by Gasteiger charge is 2.18. The van der Waals surface area contributed by atoms with Crippen molar-refractivity contribution >= 4 is 29.0 Å². The van der Waals surface area contributed by atoms with Gasteiger partial charge in [-0.15, -0.1) is 0 Å². The van der Waals surface area contributed by atoms with E-state index < -0.39 is 5.97 Å². The predicted octanol–water partition coefficient (Wildman–Crippen LogP) is 5.71. The van der Waals surface area contributed by atoms with Gasteiger partial charge in [-0.2, -0.15) is 0 Å². The van der Waals surface area contributed by atoms with Crippen molar-refractivity contribution in [3.8, 4) is 0 Å². The largest absolute Gasteiger partial charge is 0.462 e. The standard InChI is InChI=1S/C27H26N2O4/c1-3-29-23-16-15-21(26(30)32-4-2)17-22(23)28-25(29)18-24(19-11-7-5-8-12-19)33-27(31)20-13-9-6-10-14-20/h5-7,9-11,13-18H,3-4,8,12H2,1-2H3/b24-18-. The van der Waals surface area contributed by atoms with Gasteiger partial charge in [0.2, 0.25) is 0 Å². The zero-order chi connectivity index (χ0) is 23.2. The van der Waals surface area contributed by atoms with Crippen LogP contribution in [0.5, 0.6) is 0 Å². The highest BCUT2D eigenvalue weighted by atomic mass is 16.5. The second kappa shape index (κ2) is 10.1. The highest BCUT2D eigenvalue weighted by Crippen LogP contribution is 2.27. The lowest BCUT2D eigenvalue weighted by Gasteiger charge is -2.14. The van der Waals surface area contributed by atoms with E-state index in [-0.39, 0.29) is 5.97 Å². The van der Waals surface area contributed by atoms with Crippen LogP contribution in [0.15, 0.2) is 78.1 Å². The maximum Gasteiger partial charge on any atom is 0.343 e. The van der Waals surface area contributed by atoms with E-state index in [4.69, 9.17) is 14.5 Å². The Morgan fingerprint density at radius 1 is 1.06 bits per heavy atom. The van der Waals surface area contributed by atoms with Crippen LogP contribution in [0.1, 0.15) is 53.2 Å². The Morgan fingerprint density at radius 2 is 1.88 bits per heavy atom. The molecule has 0 aliphatic heterocycles. The lowest BCUT2D eigenvalue weighted by Crippen LogP contribution is -2.08.